The van der Waals surface area contributed by atoms with E-state index in [1.165, 1.54) is 0 Å². The molecular weight excluding hydrogens is 78.0 g/mol. The molecular formula is C4H11NO. The van der Waals surface area contributed by atoms with E-state index in [1.807, 2.05) is 13.8 Å². The van der Waals surface area contributed by atoms with Crippen molar-refractivity contribution >= 4 is 0 Å². The first kappa shape index (κ1) is 5.92. The second-order valence-corrected chi connectivity index (χ2v) is 0.743. The van der Waals surface area contributed by atoms with Crippen molar-refractivity contribution in [1.82, 2.24) is 5.48 Å². The zero-order chi connectivity index (χ0) is 4.83. The third kappa shape index (κ3) is 2.18. The number of hydroxylamine groups is 1. The van der Waals surface area contributed by atoms with Crippen molar-refractivity contribution in [2.45, 2.75) is 13.8 Å². The molecule has 6 heavy (non-hydrogen) atoms. The van der Waals surface area contributed by atoms with Gasteiger partial charge in [-0.1, -0.05) is 13.8 Å². The Kier molecular flexibility index (Phi) is 4.85. The summed E-state index contributed by atoms with van der Waals surface area (Å²) in [5.74, 6) is 0. The summed E-state index contributed by atoms with van der Waals surface area (Å²) in [7, 11) is 0. The van der Waals surface area contributed by atoms with Crippen LogP contribution in [-0.4, -0.2) is 13.2 Å². The molecule has 1 saturated heterocycles. The van der Waals surface area contributed by atoms with Gasteiger partial charge in [-0.05, 0) is 0 Å². The highest BCUT2D eigenvalue weighted by atomic mass is 16.7. The largest absolute Gasteiger partial charge is 0.300 e. The van der Waals surface area contributed by atoms with Gasteiger partial charge in [0.15, 0.2) is 0 Å². The van der Waals surface area contributed by atoms with Crippen LogP contribution < -0.4 is 5.48 Å². The fourth-order valence-electron chi connectivity index (χ4n) is 0.102. The third-order valence-electron chi connectivity index (χ3n) is 0.408. The van der Waals surface area contributed by atoms with Crippen molar-refractivity contribution < 1.29 is 4.84 Å². The Morgan fingerprint density at radius 2 is 1.67 bits per heavy atom. The van der Waals surface area contributed by atoms with E-state index in [-0.39, 0.29) is 0 Å². The Hall–Kier alpha value is -0.0800. The number of hydrogen-bond acceptors (Lipinski definition) is 2. The monoisotopic (exact) mass is 89.1 g/mol. The summed E-state index contributed by atoms with van der Waals surface area (Å²) in [5.41, 5.74) is 2.61. The summed E-state index contributed by atoms with van der Waals surface area (Å²) in [6.07, 6.45) is 0. The molecule has 1 rings (SSSR count). The molecule has 2 heteroatoms. The molecule has 0 spiro atoms. The molecule has 0 atom stereocenters. The highest BCUT2D eigenvalue weighted by Gasteiger charge is 1.92. The van der Waals surface area contributed by atoms with Crippen molar-refractivity contribution in [3.8, 4) is 0 Å². The Morgan fingerprint density at radius 3 is 1.67 bits per heavy atom. The summed E-state index contributed by atoms with van der Waals surface area (Å²) in [6.45, 7) is 5.92. The topological polar surface area (TPSA) is 21.3 Å². The maximum absolute atomic E-state index is 4.47. The summed E-state index contributed by atoms with van der Waals surface area (Å²) in [5, 5.41) is 0. The lowest BCUT2D eigenvalue weighted by molar-refractivity contribution is -0.0478. The lowest BCUT2D eigenvalue weighted by Crippen LogP contribution is -2.32. The highest BCUT2D eigenvalue weighted by Crippen LogP contribution is 1.73. The molecule has 0 aromatic carbocycles. The first-order chi connectivity index (χ1) is 3.00. The minimum Gasteiger partial charge on any atom is -0.300 e. The first-order valence-corrected chi connectivity index (χ1v) is 2.35. The second kappa shape index (κ2) is 4.92. The van der Waals surface area contributed by atoms with Gasteiger partial charge >= 0.3 is 0 Å². The van der Waals surface area contributed by atoms with E-state index in [2.05, 4.69) is 10.3 Å². The second-order valence-electron chi connectivity index (χ2n) is 0.743. The van der Waals surface area contributed by atoms with Gasteiger partial charge in [0.1, 0.15) is 0 Å². The normalized spacial score (nSPS) is 17.0. The molecule has 0 aromatic rings. The molecule has 0 bridgehead atoms. The van der Waals surface area contributed by atoms with Crippen molar-refractivity contribution in [3.63, 3.8) is 0 Å². The van der Waals surface area contributed by atoms with Crippen LogP contribution >= 0.6 is 0 Å². The van der Waals surface area contributed by atoms with E-state index < -0.39 is 0 Å². The van der Waals surface area contributed by atoms with Gasteiger partial charge < -0.3 is 4.84 Å². The van der Waals surface area contributed by atoms with E-state index in [1.54, 1.807) is 0 Å². The SMILES string of the molecule is C1CON1.CC. The minimum atomic E-state index is 0.889. The van der Waals surface area contributed by atoms with Gasteiger partial charge in [0.25, 0.3) is 0 Å². The van der Waals surface area contributed by atoms with Crippen molar-refractivity contribution in [2.24, 2.45) is 0 Å². The molecule has 1 heterocycles. The molecule has 0 aromatic heterocycles. The maximum Gasteiger partial charge on any atom is 0.0830 e. The lowest BCUT2D eigenvalue weighted by atomic mass is 10.7. The fourth-order valence-corrected chi connectivity index (χ4v) is 0.102. The van der Waals surface area contributed by atoms with Crippen molar-refractivity contribution in [1.29, 1.82) is 0 Å². The van der Waals surface area contributed by atoms with Crippen LogP contribution in [0, 0.1) is 0 Å². The fraction of sp³-hybridized carbons (Fsp3) is 1.00. The molecule has 0 radical (unpaired) electrons. The van der Waals surface area contributed by atoms with Crippen LogP contribution in [0.1, 0.15) is 13.8 Å². The van der Waals surface area contributed by atoms with Crippen LogP contribution in [0.4, 0.5) is 0 Å². The Bertz CT molecular complexity index is 15.5. The van der Waals surface area contributed by atoms with E-state index in [0.717, 1.165) is 13.2 Å². The zero-order valence-corrected chi connectivity index (χ0v) is 4.32. The van der Waals surface area contributed by atoms with E-state index in [9.17, 15) is 0 Å². The zero-order valence-electron chi connectivity index (χ0n) is 4.32. The average Bonchev–Trinajstić information content (AvgIpc) is 1.36. The summed E-state index contributed by atoms with van der Waals surface area (Å²) >= 11 is 0. The van der Waals surface area contributed by atoms with E-state index in [0.29, 0.717) is 0 Å². The van der Waals surface area contributed by atoms with Gasteiger partial charge in [0, 0.05) is 6.54 Å². The van der Waals surface area contributed by atoms with Gasteiger partial charge in [-0.2, -0.15) is 0 Å². The number of hydrogen-bond donors (Lipinski definition) is 1. The minimum absolute atomic E-state index is 0.889. The van der Waals surface area contributed by atoms with Crippen LogP contribution in [0.2, 0.25) is 0 Å². The van der Waals surface area contributed by atoms with Crippen LogP contribution in [0.3, 0.4) is 0 Å². The van der Waals surface area contributed by atoms with Gasteiger partial charge in [-0.15, -0.1) is 0 Å². The smallest absolute Gasteiger partial charge is 0.0830 e. The average molecular weight is 89.1 g/mol. The molecule has 38 valence electrons. The first-order valence-electron chi connectivity index (χ1n) is 2.35. The number of rotatable bonds is 0. The van der Waals surface area contributed by atoms with Crippen LogP contribution in [0.15, 0.2) is 0 Å². The van der Waals surface area contributed by atoms with Gasteiger partial charge in [-0.3, -0.25) is 0 Å². The molecule has 1 N–H and O–H groups in total. The Balaban J connectivity index is 0.000000112. The number of nitrogens with one attached hydrogen (secondary N) is 1. The Labute approximate surface area is 38.5 Å². The predicted molar refractivity (Wildman–Crippen MR) is 25.3 cm³/mol. The standard InChI is InChI=1S/C2H5NO.C2H6/c1-2-4-3-1;1-2/h3H,1-2H2;1-2H3. The van der Waals surface area contributed by atoms with E-state index in [4.69, 9.17) is 0 Å². The van der Waals surface area contributed by atoms with E-state index >= 15 is 0 Å². The van der Waals surface area contributed by atoms with Gasteiger partial charge in [0.05, 0.1) is 6.61 Å². The highest BCUT2D eigenvalue weighted by molar-refractivity contribution is 4.36. The van der Waals surface area contributed by atoms with Gasteiger partial charge in [0.2, 0.25) is 0 Å². The molecule has 0 amide bonds. The quantitative estimate of drug-likeness (QED) is 0.468. The summed E-state index contributed by atoms with van der Waals surface area (Å²) in [4.78, 5) is 4.47. The molecule has 0 unspecified atom stereocenters. The molecule has 0 aliphatic carbocycles. The van der Waals surface area contributed by atoms with Crippen LogP contribution in [0.25, 0.3) is 0 Å². The van der Waals surface area contributed by atoms with Crippen LogP contribution in [-0.2, 0) is 4.84 Å². The summed E-state index contributed by atoms with van der Waals surface area (Å²) in [6, 6.07) is 0. The molecule has 1 aliphatic rings. The molecule has 0 saturated carbocycles. The van der Waals surface area contributed by atoms with Crippen molar-refractivity contribution in [3.05, 3.63) is 0 Å². The third-order valence-corrected chi connectivity index (χ3v) is 0.408. The maximum atomic E-state index is 4.47. The molecule has 2 nitrogen and oxygen atoms in total. The van der Waals surface area contributed by atoms with Gasteiger partial charge in [-0.25, -0.2) is 5.48 Å². The summed E-state index contributed by atoms with van der Waals surface area (Å²) < 4.78 is 0. The Morgan fingerprint density at radius 1 is 1.50 bits per heavy atom. The van der Waals surface area contributed by atoms with Crippen molar-refractivity contribution in [2.75, 3.05) is 13.2 Å². The lowest BCUT2D eigenvalue weighted by Gasteiger charge is -2.10. The predicted octanol–water partition coefficient (Wildman–Crippen LogP) is 0.547. The van der Waals surface area contributed by atoms with Crippen LogP contribution in [0.5, 0.6) is 0 Å². The molecule has 1 aliphatic heterocycles. The molecule has 1 fully saturated rings.